The van der Waals surface area contributed by atoms with Gasteiger partial charge in [-0.3, -0.25) is 4.79 Å². The zero-order valence-corrected chi connectivity index (χ0v) is 21.0. The van der Waals surface area contributed by atoms with Gasteiger partial charge >= 0.3 is 11.9 Å². The van der Waals surface area contributed by atoms with Gasteiger partial charge in [-0.1, -0.05) is 19.9 Å². The molecule has 34 heavy (non-hydrogen) atoms. The van der Waals surface area contributed by atoms with Crippen LogP contribution in [0, 0.1) is 12.3 Å². The maximum Gasteiger partial charge on any atom is 0.338 e. The molecule has 184 valence electrons. The van der Waals surface area contributed by atoms with E-state index in [1.807, 2.05) is 19.9 Å². The van der Waals surface area contributed by atoms with Crippen molar-refractivity contribution in [3.8, 4) is 0 Å². The van der Waals surface area contributed by atoms with Gasteiger partial charge in [-0.05, 0) is 76.7 Å². The van der Waals surface area contributed by atoms with Crippen molar-refractivity contribution >= 4 is 17.8 Å². The van der Waals surface area contributed by atoms with Crippen LogP contribution in [0.15, 0.2) is 23.4 Å². The average Bonchev–Trinajstić information content (AvgIpc) is 3.49. The molecule has 1 amide bonds. The molecule has 2 saturated heterocycles. The molecule has 0 saturated carbocycles. The molecule has 4 aliphatic rings. The van der Waals surface area contributed by atoms with Crippen LogP contribution in [0.25, 0.3) is 0 Å². The molecule has 4 aliphatic heterocycles. The number of benzene rings is 1. The van der Waals surface area contributed by atoms with E-state index in [4.69, 9.17) is 9.47 Å². The van der Waals surface area contributed by atoms with E-state index in [1.54, 1.807) is 11.8 Å². The number of ether oxygens (including phenoxy) is 2. The first kappa shape index (κ1) is 24.5. The summed E-state index contributed by atoms with van der Waals surface area (Å²) in [5, 5.41) is 0. The summed E-state index contributed by atoms with van der Waals surface area (Å²) >= 11 is 0. The number of hydrogen-bond acceptors (Lipinski definition) is 6. The molecular formula is C27H36N2O5. The molecule has 0 unspecified atom stereocenters. The number of likely N-dealkylation sites (tertiary alicyclic amines) is 2. The lowest BCUT2D eigenvalue weighted by Gasteiger charge is -2.41. The van der Waals surface area contributed by atoms with Crippen LogP contribution in [0.3, 0.4) is 0 Å². The average molecular weight is 469 g/mol. The Labute approximate surface area is 202 Å². The summed E-state index contributed by atoms with van der Waals surface area (Å²) in [6.45, 7) is 13.1. The third-order valence-electron chi connectivity index (χ3n) is 8.09. The van der Waals surface area contributed by atoms with Gasteiger partial charge in [-0.15, -0.1) is 0 Å². The van der Waals surface area contributed by atoms with Gasteiger partial charge < -0.3 is 19.3 Å². The minimum absolute atomic E-state index is 0.164. The summed E-state index contributed by atoms with van der Waals surface area (Å²) in [5.41, 5.74) is 5.14. The molecule has 7 heteroatoms. The molecule has 0 aliphatic carbocycles. The minimum atomic E-state index is -0.310. The van der Waals surface area contributed by atoms with E-state index in [0.717, 1.165) is 55.6 Å². The second-order valence-electron chi connectivity index (χ2n) is 9.68. The highest BCUT2D eigenvalue weighted by molar-refractivity contribution is 5.94. The molecule has 1 atom stereocenters. The molecule has 4 heterocycles. The number of rotatable bonds is 4. The fourth-order valence-electron chi connectivity index (χ4n) is 5.75. The Morgan fingerprint density at radius 1 is 0.941 bits per heavy atom. The number of piperidine rings is 1. The lowest BCUT2D eigenvalue weighted by atomic mass is 9.76. The number of carbonyl (C=O) groups excluding carboxylic acids is 3. The molecule has 0 radical (unpaired) electrons. The Bertz CT molecular complexity index is 1040. The molecule has 2 fully saturated rings. The molecule has 0 aromatic heterocycles. The molecule has 7 nitrogen and oxygen atoms in total. The summed E-state index contributed by atoms with van der Waals surface area (Å²) in [7, 11) is 0. The minimum Gasteiger partial charge on any atom is -0.457 e. The zero-order chi connectivity index (χ0) is 24.6. The van der Waals surface area contributed by atoms with Gasteiger partial charge in [0.2, 0.25) is 5.91 Å². The fourth-order valence-corrected chi connectivity index (χ4v) is 5.75. The van der Waals surface area contributed by atoms with Gasteiger partial charge in [0.1, 0.15) is 13.2 Å². The summed E-state index contributed by atoms with van der Waals surface area (Å²) < 4.78 is 10.3. The summed E-state index contributed by atoms with van der Waals surface area (Å²) in [5.74, 6) is -0.370. The van der Waals surface area contributed by atoms with Crippen LogP contribution in [-0.4, -0.2) is 59.9 Å². The lowest BCUT2D eigenvalue weighted by Crippen LogP contribution is -2.48. The van der Waals surface area contributed by atoms with Crippen molar-refractivity contribution < 1.29 is 23.9 Å². The van der Waals surface area contributed by atoms with E-state index in [-0.39, 0.29) is 29.9 Å². The van der Waals surface area contributed by atoms with Crippen molar-refractivity contribution in [3.05, 3.63) is 45.7 Å². The number of hydrogen-bond donors (Lipinski definition) is 0. The van der Waals surface area contributed by atoms with Crippen LogP contribution < -0.4 is 0 Å². The fraction of sp³-hybridized carbons (Fsp3) is 0.593. The number of nitrogens with zero attached hydrogens (tertiary/aromatic N) is 2. The van der Waals surface area contributed by atoms with Crippen molar-refractivity contribution in [3.63, 3.8) is 0 Å². The van der Waals surface area contributed by atoms with Crippen LogP contribution in [0.2, 0.25) is 0 Å². The quantitative estimate of drug-likeness (QED) is 0.626. The number of amides is 1. The largest absolute Gasteiger partial charge is 0.457 e. The lowest BCUT2D eigenvalue weighted by molar-refractivity contribution is -0.138. The highest BCUT2D eigenvalue weighted by Crippen LogP contribution is 2.44. The van der Waals surface area contributed by atoms with E-state index in [0.29, 0.717) is 30.3 Å². The monoisotopic (exact) mass is 468 g/mol. The second kappa shape index (κ2) is 9.53. The molecule has 0 bridgehead atoms. The van der Waals surface area contributed by atoms with E-state index in [1.165, 1.54) is 5.56 Å². The molecule has 1 aromatic rings. The molecule has 0 N–H and O–H groups in total. The topological polar surface area (TPSA) is 76.2 Å². The van der Waals surface area contributed by atoms with E-state index in [2.05, 4.69) is 24.8 Å². The van der Waals surface area contributed by atoms with Crippen molar-refractivity contribution in [2.45, 2.75) is 73.0 Å². The highest BCUT2D eigenvalue weighted by atomic mass is 16.5. The van der Waals surface area contributed by atoms with Crippen LogP contribution in [0.5, 0.6) is 0 Å². The predicted molar refractivity (Wildman–Crippen MR) is 128 cm³/mol. The van der Waals surface area contributed by atoms with Crippen molar-refractivity contribution in [1.29, 1.82) is 0 Å². The van der Waals surface area contributed by atoms with Crippen molar-refractivity contribution in [1.82, 2.24) is 9.80 Å². The Morgan fingerprint density at radius 3 is 2.24 bits per heavy atom. The van der Waals surface area contributed by atoms with Crippen LogP contribution in [-0.2, 0) is 32.1 Å². The molecule has 5 rings (SSSR count). The summed E-state index contributed by atoms with van der Waals surface area (Å²) in [6.07, 6.45) is 3.45. The number of esters is 2. The second-order valence-corrected chi connectivity index (χ2v) is 9.68. The van der Waals surface area contributed by atoms with E-state index >= 15 is 0 Å². The van der Waals surface area contributed by atoms with Gasteiger partial charge in [-0.2, -0.15) is 0 Å². The van der Waals surface area contributed by atoms with Crippen LogP contribution >= 0.6 is 0 Å². The Morgan fingerprint density at radius 2 is 1.59 bits per heavy atom. The normalized spacial score (nSPS) is 22.5. The van der Waals surface area contributed by atoms with Crippen LogP contribution in [0.4, 0.5) is 0 Å². The van der Waals surface area contributed by atoms with Gasteiger partial charge in [0, 0.05) is 18.2 Å². The third-order valence-corrected chi connectivity index (χ3v) is 8.09. The highest BCUT2D eigenvalue weighted by Gasteiger charge is 2.50. The maximum absolute atomic E-state index is 13.3. The zero-order valence-electron chi connectivity index (χ0n) is 21.0. The summed E-state index contributed by atoms with van der Waals surface area (Å²) in [4.78, 5) is 41.2. The first-order chi connectivity index (χ1) is 16.3. The van der Waals surface area contributed by atoms with Crippen molar-refractivity contribution in [2.75, 3.05) is 26.2 Å². The van der Waals surface area contributed by atoms with Crippen LogP contribution in [0.1, 0.15) is 74.0 Å². The SMILES string of the molecule is CC.CC1=C(N2CCC3(CCN([C@H](C)Cc4ccc5c(c4C)COC5=O)CC3)C2=O)COC1=O. The molecular weight excluding hydrogens is 432 g/mol. The Kier molecular flexibility index (Phi) is 6.85. The van der Waals surface area contributed by atoms with E-state index in [9.17, 15) is 14.4 Å². The van der Waals surface area contributed by atoms with E-state index < -0.39 is 0 Å². The molecule has 1 aromatic carbocycles. The third kappa shape index (κ3) is 4.04. The Balaban J connectivity index is 0.00000133. The predicted octanol–water partition coefficient (Wildman–Crippen LogP) is 3.77. The molecule has 1 spiro atoms. The van der Waals surface area contributed by atoms with Gasteiger partial charge in [-0.25, -0.2) is 9.59 Å². The number of cyclic esters (lactones) is 2. The summed E-state index contributed by atoms with van der Waals surface area (Å²) in [6, 6.07) is 4.30. The van der Waals surface area contributed by atoms with Gasteiger partial charge in [0.05, 0.1) is 22.2 Å². The number of fused-ring (bicyclic) bond motifs is 1. The number of carbonyl (C=O) groups is 3. The maximum atomic E-state index is 13.3. The smallest absolute Gasteiger partial charge is 0.338 e. The Hall–Kier alpha value is -2.67. The van der Waals surface area contributed by atoms with Crippen molar-refractivity contribution in [2.24, 2.45) is 5.41 Å². The first-order valence-corrected chi connectivity index (χ1v) is 12.5. The van der Waals surface area contributed by atoms with Gasteiger partial charge in [0.15, 0.2) is 0 Å². The van der Waals surface area contributed by atoms with Gasteiger partial charge in [0.25, 0.3) is 0 Å². The standard InChI is InChI=1S/C25H30N2O5.C2H6/c1-15(12-18-4-5-19-20(16(18)2)13-31-23(19)29)26-9-6-25(7-10-26)8-11-27(24(25)30)21-14-32-22(28)17(21)3;1-2/h4-5,15H,6-14H2,1-3H3;1-2H3/t15-;/m1./s1. The first-order valence-electron chi connectivity index (χ1n) is 12.5.